The Bertz CT molecular complexity index is 759. The smallest absolute Gasteiger partial charge is 0.243 e. The highest BCUT2D eigenvalue weighted by molar-refractivity contribution is 7.09. The highest BCUT2D eigenvalue weighted by Gasteiger charge is 2.12. The first-order valence-electron chi connectivity index (χ1n) is 9.60. The van der Waals surface area contributed by atoms with Crippen molar-refractivity contribution in [2.24, 2.45) is 4.99 Å². The molecule has 0 unspecified atom stereocenters. The van der Waals surface area contributed by atoms with Crippen LogP contribution >= 0.6 is 11.3 Å². The molecule has 5 nitrogen and oxygen atoms in total. The molecule has 2 N–H and O–H groups in total. The van der Waals surface area contributed by atoms with Crippen LogP contribution in [-0.2, 0) is 23.2 Å². The molecule has 1 heterocycles. The molecule has 0 atom stereocenters. The second kappa shape index (κ2) is 10.3. The number of nitrogens with one attached hydrogen (secondary N) is 2. The van der Waals surface area contributed by atoms with Crippen LogP contribution in [0.15, 0.2) is 46.8 Å². The normalized spacial score (nSPS) is 12.0. The average Bonchev–Trinajstić information content (AvgIpc) is 3.16. The fraction of sp³-hybridized carbons (Fsp3) is 0.455. The maximum absolute atomic E-state index is 11.9. The van der Waals surface area contributed by atoms with Crippen LogP contribution in [0.3, 0.4) is 0 Å². The lowest BCUT2D eigenvalue weighted by molar-refractivity contribution is -0.127. The number of nitrogens with zero attached hydrogens (tertiary/aromatic N) is 2. The molecule has 2 aromatic rings. The van der Waals surface area contributed by atoms with Crippen LogP contribution in [0.5, 0.6) is 0 Å². The van der Waals surface area contributed by atoms with Gasteiger partial charge in [-0.15, -0.1) is 11.3 Å². The van der Waals surface area contributed by atoms with Gasteiger partial charge in [0.25, 0.3) is 0 Å². The fourth-order valence-electron chi connectivity index (χ4n) is 2.54. The van der Waals surface area contributed by atoms with Crippen LogP contribution in [0, 0.1) is 0 Å². The monoisotopic (exact) mass is 400 g/mol. The van der Waals surface area contributed by atoms with Gasteiger partial charge in [-0.2, -0.15) is 0 Å². The maximum atomic E-state index is 11.9. The summed E-state index contributed by atoms with van der Waals surface area (Å²) >= 11 is 1.70. The van der Waals surface area contributed by atoms with E-state index in [1.165, 1.54) is 16.0 Å². The molecule has 0 fully saturated rings. The van der Waals surface area contributed by atoms with E-state index in [9.17, 15) is 4.79 Å². The lowest BCUT2D eigenvalue weighted by Crippen LogP contribution is -2.39. The van der Waals surface area contributed by atoms with Crippen molar-refractivity contribution in [1.29, 1.82) is 0 Å². The first-order valence-corrected chi connectivity index (χ1v) is 10.5. The average molecular weight is 401 g/mol. The van der Waals surface area contributed by atoms with Crippen LogP contribution in [0.25, 0.3) is 0 Å². The highest BCUT2D eigenvalue weighted by Crippen LogP contribution is 2.22. The third kappa shape index (κ3) is 7.35. The number of aliphatic imine (C=N–C) groups is 1. The van der Waals surface area contributed by atoms with Gasteiger partial charge in [-0.3, -0.25) is 4.79 Å². The van der Waals surface area contributed by atoms with Gasteiger partial charge in [0.15, 0.2) is 5.96 Å². The SMILES string of the molecule is CN(C)C(=O)CN=C(NCCc1ccc(C(C)(C)C)cc1)NCc1cccs1. The lowest BCUT2D eigenvalue weighted by atomic mass is 9.86. The molecule has 6 heteroatoms. The first-order chi connectivity index (χ1) is 13.3. The van der Waals surface area contributed by atoms with Crippen molar-refractivity contribution in [3.05, 3.63) is 57.8 Å². The summed E-state index contributed by atoms with van der Waals surface area (Å²) in [5.74, 6) is 0.643. The van der Waals surface area contributed by atoms with Crippen molar-refractivity contribution >= 4 is 23.2 Å². The van der Waals surface area contributed by atoms with Gasteiger partial charge < -0.3 is 15.5 Å². The number of hydrogen-bond donors (Lipinski definition) is 2. The van der Waals surface area contributed by atoms with Crippen molar-refractivity contribution < 1.29 is 4.79 Å². The zero-order valence-corrected chi connectivity index (χ0v) is 18.4. The largest absolute Gasteiger partial charge is 0.356 e. The molecule has 0 spiro atoms. The summed E-state index contributed by atoms with van der Waals surface area (Å²) in [5.41, 5.74) is 2.79. The van der Waals surface area contributed by atoms with Crippen molar-refractivity contribution in [3.63, 3.8) is 0 Å². The van der Waals surface area contributed by atoms with Gasteiger partial charge in [-0.25, -0.2) is 4.99 Å². The molecule has 28 heavy (non-hydrogen) atoms. The third-order valence-corrected chi connectivity index (χ3v) is 5.28. The molecule has 0 aliphatic heterocycles. The lowest BCUT2D eigenvalue weighted by Gasteiger charge is -2.19. The summed E-state index contributed by atoms with van der Waals surface area (Å²) in [6.45, 7) is 8.25. The number of guanidine groups is 1. The van der Waals surface area contributed by atoms with Crippen LogP contribution in [0.1, 0.15) is 36.8 Å². The Morgan fingerprint density at radius 3 is 2.39 bits per heavy atom. The number of thiophene rings is 1. The summed E-state index contributed by atoms with van der Waals surface area (Å²) in [5, 5.41) is 8.71. The molecule has 152 valence electrons. The van der Waals surface area contributed by atoms with Gasteiger partial charge >= 0.3 is 0 Å². The molecular weight excluding hydrogens is 368 g/mol. The van der Waals surface area contributed by atoms with E-state index >= 15 is 0 Å². The summed E-state index contributed by atoms with van der Waals surface area (Å²) in [6.07, 6.45) is 0.895. The number of rotatable bonds is 7. The van der Waals surface area contributed by atoms with Crippen LogP contribution in [0.4, 0.5) is 0 Å². The fourth-order valence-corrected chi connectivity index (χ4v) is 3.19. The Morgan fingerprint density at radius 2 is 1.82 bits per heavy atom. The van der Waals surface area contributed by atoms with Crippen molar-refractivity contribution in [2.45, 2.75) is 39.2 Å². The molecule has 0 radical (unpaired) electrons. The topological polar surface area (TPSA) is 56.7 Å². The Morgan fingerprint density at radius 1 is 1.11 bits per heavy atom. The van der Waals surface area contributed by atoms with Crippen LogP contribution in [-0.4, -0.2) is 44.0 Å². The molecule has 0 saturated heterocycles. The van der Waals surface area contributed by atoms with E-state index in [1.807, 2.05) is 6.07 Å². The van der Waals surface area contributed by atoms with Crippen molar-refractivity contribution in [1.82, 2.24) is 15.5 Å². The predicted molar refractivity (Wildman–Crippen MR) is 119 cm³/mol. The summed E-state index contributed by atoms with van der Waals surface area (Å²) in [7, 11) is 3.48. The molecular formula is C22H32N4OS. The van der Waals surface area contributed by atoms with E-state index in [4.69, 9.17) is 0 Å². The third-order valence-electron chi connectivity index (χ3n) is 4.41. The van der Waals surface area contributed by atoms with Crippen molar-refractivity contribution in [3.8, 4) is 0 Å². The van der Waals surface area contributed by atoms with Gasteiger partial charge in [-0.1, -0.05) is 51.1 Å². The van der Waals surface area contributed by atoms with Gasteiger partial charge in [0.2, 0.25) is 5.91 Å². The second-order valence-electron chi connectivity index (χ2n) is 8.01. The number of likely N-dealkylation sites (N-methyl/N-ethyl adjacent to an activating group) is 1. The first kappa shape index (κ1) is 22.0. The van der Waals surface area contributed by atoms with Gasteiger partial charge in [-0.05, 0) is 34.4 Å². The molecule has 1 aromatic carbocycles. The summed E-state index contributed by atoms with van der Waals surface area (Å²) < 4.78 is 0. The Balaban J connectivity index is 1.91. The minimum atomic E-state index is -0.0185. The van der Waals surface area contributed by atoms with E-state index in [2.05, 4.69) is 72.1 Å². The predicted octanol–water partition coefficient (Wildman–Crippen LogP) is 3.41. The van der Waals surface area contributed by atoms with Gasteiger partial charge in [0.05, 0.1) is 6.54 Å². The minimum absolute atomic E-state index is 0.0185. The summed E-state index contributed by atoms with van der Waals surface area (Å²) in [4.78, 5) is 19.1. The molecule has 1 amide bonds. The molecule has 1 aromatic heterocycles. The van der Waals surface area contributed by atoms with E-state index in [1.54, 1.807) is 30.3 Å². The van der Waals surface area contributed by atoms with E-state index in [0.29, 0.717) is 12.5 Å². The summed E-state index contributed by atoms with van der Waals surface area (Å²) in [6, 6.07) is 12.9. The zero-order valence-electron chi connectivity index (χ0n) is 17.6. The Labute approximate surface area is 172 Å². The number of hydrogen-bond acceptors (Lipinski definition) is 3. The zero-order chi connectivity index (χ0) is 20.6. The quantitative estimate of drug-likeness (QED) is 0.553. The van der Waals surface area contributed by atoms with Gasteiger partial charge in [0, 0.05) is 25.5 Å². The van der Waals surface area contributed by atoms with Gasteiger partial charge in [0.1, 0.15) is 6.54 Å². The van der Waals surface area contributed by atoms with E-state index < -0.39 is 0 Å². The van der Waals surface area contributed by atoms with E-state index in [0.717, 1.165) is 13.0 Å². The number of benzene rings is 1. The molecule has 0 aliphatic carbocycles. The Hall–Kier alpha value is -2.34. The van der Waals surface area contributed by atoms with Crippen molar-refractivity contribution in [2.75, 3.05) is 27.2 Å². The van der Waals surface area contributed by atoms with Crippen LogP contribution < -0.4 is 10.6 Å². The number of carbonyl (C=O) groups excluding carboxylic acids is 1. The molecule has 0 aliphatic rings. The number of amides is 1. The van der Waals surface area contributed by atoms with Crippen LogP contribution in [0.2, 0.25) is 0 Å². The standard InChI is InChI=1S/C22H32N4OS/c1-22(2,3)18-10-8-17(9-11-18)12-13-23-21(25-16-20(27)26(4)5)24-15-19-7-6-14-28-19/h6-11,14H,12-13,15-16H2,1-5H3,(H2,23,24,25). The maximum Gasteiger partial charge on any atom is 0.243 e. The van der Waals surface area contributed by atoms with E-state index in [-0.39, 0.29) is 17.9 Å². The number of carbonyl (C=O) groups is 1. The molecule has 2 rings (SSSR count). The second-order valence-corrected chi connectivity index (χ2v) is 9.04. The highest BCUT2D eigenvalue weighted by atomic mass is 32.1. The Kier molecular flexibility index (Phi) is 8.05. The molecule has 0 bridgehead atoms. The minimum Gasteiger partial charge on any atom is -0.356 e. The molecule has 0 saturated carbocycles.